The molecular formula is C23H21ClN2O2S2. The van der Waals surface area contributed by atoms with Crippen molar-refractivity contribution in [2.24, 2.45) is 0 Å². The zero-order valence-electron chi connectivity index (χ0n) is 16.3. The van der Waals surface area contributed by atoms with Crippen LogP contribution in [-0.2, 0) is 9.47 Å². The van der Waals surface area contributed by atoms with E-state index in [9.17, 15) is 5.26 Å². The van der Waals surface area contributed by atoms with Gasteiger partial charge in [0.05, 0.1) is 22.7 Å². The zero-order chi connectivity index (χ0) is 20.8. The number of ether oxygens (including phenoxy) is 2. The van der Waals surface area contributed by atoms with E-state index in [1.807, 2.05) is 47.8 Å². The van der Waals surface area contributed by atoms with Crippen molar-refractivity contribution in [2.45, 2.75) is 30.6 Å². The van der Waals surface area contributed by atoms with Gasteiger partial charge < -0.3 is 9.47 Å². The summed E-state index contributed by atoms with van der Waals surface area (Å²) >= 11 is 9.24. The Bertz CT molecular complexity index is 1010. The number of pyridine rings is 1. The van der Waals surface area contributed by atoms with Gasteiger partial charge in [0.25, 0.3) is 0 Å². The lowest BCUT2D eigenvalue weighted by Gasteiger charge is -2.22. The highest BCUT2D eigenvalue weighted by molar-refractivity contribution is 7.99. The molecule has 0 amide bonds. The van der Waals surface area contributed by atoms with Gasteiger partial charge in [-0.2, -0.15) is 5.26 Å². The Labute approximate surface area is 189 Å². The number of thiophene rings is 1. The maximum absolute atomic E-state index is 9.92. The van der Waals surface area contributed by atoms with Crippen LogP contribution in [0.2, 0.25) is 5.02 Å². The molecule has 1 saturated heterocycles. The molecule has 1 aromatic carbocycles. The summed E-state index contributed by atoms with van der Waals surface area (Å²) in [6.45, 7) is 1.33. The molecule has 4 nitrogen and oxygen atoms in total. The highest BCUT2D eigenvalue weighted by Crippen LogP contribution is 2.35. The molecule has 4 rings (SSSR count). The largest absolute Gasteiger partial charge is 0.353 e. The summed E-state index contributed by atoms with van der Waals surface area (Å²) in [6, 6.07) is 16.0. The number of nitrogens with zero attached hydrogens (tertiary/aromatic N) is 2. The van der Waals surface area contributed by atoms with Gasteiger partial charge in [0.15, 0.2) is 6.29 Å². The number of hydrogen-bond acceptors (Lipinski definition) is 6. The molecule has 0 bridgehead atoms. The number of thioether (sulfide) groups is 1. The molecule has 1 aliphatic heterocycles. The quantitative estimate of drug-likeness (QED) is 0.294. The molecule has 0 radical (unpaired) electrons. The first kappa shape index (κ1) is 21.4. The average Bonchev–Trinajstić information content (AvgIpc) is 3.32. The number of benzene rings is 1. The van der Waals surface area contributed by atoms with E-state index in [0.29, 0.717) is 22.9 Å². The van der Waals surface area contributed by atoms with Crippen molar-refractivity contribution in [2.75, 3.05) is 19.0 Å². The van der Waals surface area contributed by atoms with E-state index in [4.69, 9.17) is 26.1 Å². The number of nitriles is 1. The molecule has 0 N–H and O–H groups in total. The summed E-state index contributed by atoms with van der Waals surface area (Å²) < 4.78 is 11.5. The lowest BCUT2D eigenvalue weighted by atomic mass is 10.0. The van der Waals surface area contributed by atoms with Crippen LogP contribution in [-0.4, -0.2) is 30.2 Å². The lowest BCUT2D eigenvalue weighted by molar-refractivity contribution is -0.158. The summed E-state index contributed by atoms with van der Waals surface area (Å²) in [6.07, 6.45) is 3.09. The molecule has 3 heterocycles. The van der Waals surface area contributed by atoms with Gasteiger partial charge in [-0.05, 0) is 54.5 Å². The van der Waals surface area contributed by atoms with E-state index >= 15 is 0 Å². The zero-order valence-corrected chi connectivity index (χ0v) is 18.7. The van der Waals surface area contributed by atoms with Gasteiger partial charge in [-0.25, -0.2) is 4.98 Å². The predicted octanol–water partition coefficient (Wildman–Crippen LogP) is 6.64. The van der Waals surface area contributed by atoms with Crippen LogP contribution in [0.1, 0.15) is 24.8 Å². The summed E-state index contributed by atoms with van der Waals surface area (Å²) in [4.78, 5) is 5.88. The number of aromatic nitrogens is 1. The van der Waals surface area contributed by atoms with Crippen LogP contribution in [0.3, 0.4) is 0 Å². The molecule has 0 spiro atoms. The van der Waals surface area contributed by atoms with Crippen molar-refractivity contribution in [3.8, 4) is 27.8 Å². The highest BCUT2D eigenvalue weighted by atomic mass is 35.5. The monoisotopic (exact) mass is 456 g/mol. The van der Waals surface area contributed by atoms with Crippen molar-refractivity contribution < 1.29 is 9.47 Å². The first-order valence-corrected chi connectivity index (χ1v) is 12.1. The molecule has 1 fully saturated rings. The minimum absolute atomic E-state index is 0.107. The van der Waals surface area contributed by atoms with Gasteiger partial charge >= 0.3 is 0 Å². The fourth-order valence-electron chi connectivity index (χ4n) is 3.30. The number of halogens is 1. The Balaban J connectivity index is 1.59. The fraction of sp³-hybridized carbons (Fsp3) is 0.304. The molecule has 2 aromatic heterocycles. The average molecular weight is 457 g/mol. The molecule has 30 heavy (non-hydrogen) atoms. The second-order valence-corrected chi connectivity index (χ2v) is 9.31. The van der Waals surface area contributed by atoms with Crippen LogP contribution >= 0.6 is 34.7 Å². The lowest BCUT2D eigenvalue weighted by Crippen LogP contribution is -2.23. The van der Waals surface area contributed by atoms with Crippen LogP contribution in [0.15, 0.2) is 52.9 Å². The van der Waals surface area contributed by atoms with E-state index in [0.717, 1.165) is 52.6 Å². The van der Waals surface area contributed by atoms with Crippen molar-refractivity contribution in [1.82, 2.24) is 4.98 Å². The van der Waals surface area contributed by atoms with Crippen LogP contribution in [0.5, 0.6) is 0 Å². The Hall–Kier alpha value is -1.88. The number of hydrogen-bond donors (Lipinski definition) is 0. The van der Waals surface area contributed by atoms with Gasteiger partial charge in [0, 0.05) is 22.9 Å². The summed E-state index contributed by atoms with van der Waals surface area (Å²) in [7, 11) is 0. The second kappa shape index (κ2) is 10.4. The molecule has 1 unspecified atom stereocenters. The van der Waals surface area contributed by atoms with Gasteiger partial charge in [-0.3, -0.25) is 0 Å². The third-order valence-electron chi connectivity index (χ3n) is 4.79. The molecular weight excluding hydrogens is 436 g/mol. The smallest absolute Gasteiger partial charge is 0.157 e. The van der Waals surface area contributed by atoms with Crippen molar-refractivity contribution in [3.05, 3.63) is 58.4 Å². The van der Waals surface area contributed by atoms with Crippen LogP contribution in [0, 0.1) is 11.3 Å². The fourth-order valence-corrected chi connectivity index (χ4v) is 4.95. The first-order valence-electron chi connectivity index (χ1n) is 9.85. The normalized spacial score (nSPS) is 16.3. The predicted molar refractivity (Wildman–Crippen MR) is 123 cm³/mol. The van der Waals surface area contributed by atoms with Crippen molar-refractivity contribution in [1.29, 1.82) is 5.26 Å². The van der Waals surface area contributed by atoms with Gasteiger partial charge in [-0.15, -0.1) is 23.1 Å². The summed E-state index contributed by atoms with van der Waals surface area (Å²) in [5.41, 5.74) is 3.26. The van der Waals surface area contributed by atoms with E-state index < -0.39 is 0 Å². The maximum Gasteiger partial charge on any atom is 0.157 e. The van der Waals surface area contributed by atoms with Crippen LogP contribution in [0.4, 0.5) is 0 Å². The standard InChI is InChI=1S/C23H21ClN2O2S2/c24-17-8-6-16(7-9-17)18-14-20(21-4-3-12-29-21)26-23(19(18)15-25)30-13-11-28-22-5-1-2-10-27-22/h3-4,6-9,12,14,22H,1-2,5,10-11,13H2. The molecule has 0 aliphatic carbocycles. The van der Waals surface area contributed by atoms with Gasteiger partial charge in [0.1, 0.15) is 11.1 Å². The Morgan fingerprint density at radius 2 is 2.13 bits per heavy atom. The molecule has 3 aromatic rings. The molecule has 7 heteroatoms. The van der Waals surface area contributed by atoms with E-state index in [1.165, 1.54) is 0 Å². The SMILES string of the molecule is N#Cc1c(-c2ccc(Cl)cc2)cc(-c2cccs2)nc1SCCOC1CCCCO1. The van der Waals surface area contributed by atoms with Crippen molar-refractivity contribution >= 4 is 34.7 Å². The van der Waals surface area contributed by atoms with Crippen molar-refractivity contribution in [3.63, 3.8) is 0 Å². The van der Waals surface area contributed by atoms with E-state index in [2.05, 4.69) is 6.07 Å². The molecule has 1 aliphatic rings. The third-order valence-corrected chi connectivity index (χ3v) is 6.87. The maximum atomic E-state index is 9.92. The molecule has 1 atom stereocenters. The minimum atomic E-state index is -0.107. The third kappa shape index (κ3) is 5.23. The van der Waals surface area contributed by atoms with Crippen LogP contribution in [0.25, 0.3) is 21.7 Å². The summed E-state index contributed by atoms with van der Waals surface area (Å²) in [5, 5.41) is 13.3. The molecule has 154 valence electrons. The van der Waals surface area contributed by atoms with Gasteiger partial charge in [-0.1, -0.05) is 29.8 Å². The second-order valence-electron chi connectivity index (χ2n) is 6.85. The Morgan fingerprint density at radius 1 is 1.27 bits per heavy atom. The van der Waals surface area contributed by atoms with Crippen LogP contribution < -0.4 is 0 Å². The topological polar surface area (TPSA) is 55.1 Å². The number of rotatable bonds is 7. The summed E-state index contributed by atoms with van der Waals surface area (Å²) in [5.74, 6) is 0.704. The van der Waals surface area contributed by atoms with E-state index in [1.54, 1.807) is 23.1 Å². The first-order chi connectivity index (χ1) is 14.7. The minimum Gasteiger partial charge on any atom is -0.353 e. The highest BCUT2D eigenvalue weighted by Gasteiger charge is 2.17. The molecule has 0 saturated carbocycles. The van der Waals surface area contributed by atoms with Gasteiger partial charge in [0.2, 0.25) is 0 Å². The Kier molecular flexibility index (Phi) is 7.42. The van der Waals surface area contributed by atoms with E-state index in [-0.39, 0.29) is 6.29 Å². The Morgan fingerprint density at radius 3 is 2.83 bits per heavy atom.